The van der Waals surface area contributed by atoms with Gasteiger partial charge in [0.1, 0.15) is 5.75 Å². The van der Waals surface area contributed by atoms with E-state index in [0.29, 0.717) is 31.1 Å². The summed E-state index contributed by atoms with van der Waals surface area (Å²) in [6.07, 6.45) is 1.30. The zero-order valence-electron chi connectivity index (χ0n) is 14.6. The molecule has 2 aromatic rings. The molecule has 5 nitrogen and oxygen atoms in total. The standard InChI is InChI=1S/C20H23NO4/c1-23-17-5-3-4-14(10-17)8-9-25-19-11-15(6-7-18(19)24-2)16-12-20(22)21-13-16/h3-7,10-11,16H,8-9,12-13H2,1-2H3,(H,21,22). The molecule has 1 saturated heterocycles. The quantitative estimate of drug-likeness (QED) is 0.841. The van der Waals surface area contributed by atoms with Crippen molar-refractivity contribution in [2.75, 3.05) is 27.4 Å². The molecule has 1 aliphatic rings. The summed E-state index contributed by atoms with van der Waals surface area (Å²) < 4.78 is 16.6. The SMILES string of the molecule is COc1cccc(CCOc2cc(C3CNC(=O)C3)ccc2OC)c1. The van der Waals surface area contributed by atoms with Crippen LogP contribution in [-0.2, 0) is 11.2 Å². The Morgan fingerprint density at radius 3 is 2.68 bits per heavy atom. The molecule has 25 heavy (non-hydrogen) atoms. The number of hydrogen-bond donors (Lipinski definition) is 1. The Morgan fingerprint density at radius 2 is 1.96 bits per heavy atom. The van der Waals surface area contributed by atoms with E-state index in [9.17, 15) is 4.79 Å². The molecule has 132 valence electrons. The third-order valence-corrected chi connectivity index (χ3v) is 4.42. The van der Waals surface area contributed by atoms with Gasteiger partial charge in [-0.25, -0.2) is 0 Å². The van der Waals surface area contributed by atoms with Crippen LogP contribution in [0.15, 0.2) is 42.5 Å². The fourth-order valence-corrected chi connectivity index (χ4v) is 3.01. The van der Waals surface area contributed by atoms with Crippen molar-refractivity contribution in [3.63, 3.8) is 0 Å². The fourth-order valence-electron chi connectivity index (χ4n) is 3.01. The maximum Gasteiger partial charge on any atom is 0.220 e. The van der Waals surface area contributed by atoms with Gasteiger partial charge in [-0.05, 0) is 35.4 Å². The Morgan fingerprint density at radius 1 is 1.08 bits per heavy atom. The number of carbonyl (C=O) groups excluding carboxylic acids is 1. The van der Waals surface area contributed by atoms with Gasteiger partial charge in [0.05, 0.1) is 20.8 Å². The highest BCUT2D eigenvalue weighted by Crippen LogP contribution is 2.33. The Hall–Kier alpha value is -2.69. The van der Waals surface area contributed by atoms with Crippen molar-refractivity contribution < 1.29 is 19.0 Å². The third kappa shape index (κ3) is 4.24. The van der Waals surface area contributed by atoms with Crippen LogP contribution in [0.1, 0.15) is 23.5 Å². The smallest absolute Gasteiger partial charge is 0.220 e. The van der Waals surface area contributed by atoms with Gasteiger partial charge in [-0.3, -0.25) is 4.79 Å². The maximum atomic E-state index is 11.4. The Kier molecular flexibility index (Phi) is 5.43. The number of rotatable bonds is 7. The highest BCUT2D eigenvalue weighted by molar-refractivity contribution is 5.79. The average Bonchev–Trinajstić information content (AvgIpc) is 3.08. The zero-order chi connectivity index (χ0) is 17.6. The predicted octanol–water partition coefficient (Wildman–Crippen LogP) is 2.93. The van der Waals surface area contributed by atoms with Gasteiger partial charge < -0.3 is 19.5 Å². The summed E-state index contributed by atoms with van der Waals surface area (Å²) in [6, 6.07) is 13.8. The first-order valence-electron chi connectivity index (χ1n) is 8.40. The van der Waals surface area contributed by atoms with E-state index in [0.717, 1.165) is 23.3 Å². The fraction of sp³-hybridized carbons (Fsp3) is 0.350. The van der Waals surface area contributed by atoms with Crippen LogP contribution in [0.3, 0.4) is 0 Å². The van der Waals surface area contributed by atoms with Gasteiger partial charge in [-0.15, -0.1) is 0 Å². The number of hydrogen-bond acceptors (Lipinski definition) is 4. The van der Waals surface area contributed by atoms with Crippen LogP contribution >= 0.6 is 0 Å². The number of methoxy groups -OCH3 is 2. The van der Waals surface area contributed by atoms with Crippen LogP contribution in [0.4, 0.5) is 0 Å². The van der Waals surface area contributed by atoms with E-state index in [1.165, 1.54) is 0 Å². The van der Waals surface area contributed by atoms with Crippen LogP contribution in [0.2, 0.25) is 0 Å². The number of benzene rings is 2. The molecule has 0 aromatic heterocycles. The largest absolute Gasteiger partial charge is 0.497 e. The lowest BCUT2D eigenvalue weighted by atomic mass is 9.98. The minimum atomic E-state index is 0.0984. The molecule has 1 unspecified atom stereocenters. The van der Waals surface area contributed by atoms with E-state index < -0.39 is 0 Å². The minimum absolute atomic E-state index is 0.0984. The normalized spacial score (nSPS) is 16.4. The predicted molar refractivity (Wildman–Crippen MR) is 95.6 cm³/mol. The summed E-state index contributed by atoms with van der Waals surface area (Å²) in [5, 5.41) is 2.87. The highest BCUT2D eigenvalue weighted by Gasteiger charge is 2.24. The van der Waals surface area contributed by atoms with E-state index in [-0.39, 0.29) is 11.8 Å². The number of amides is 1. The van der Waals surface area contributed by atoms with Crippen molar-refractivity contribution in [2.24, 2.45) is 0 Å². The molecule has 0 spiro atoms. The average molecular weight is 341 g/mol. The van der Waals surface area contributed by atoms with E-state index >= 15 is 0 Å². The first kappa shape index (κ1) is 17.1. The molecule has 0 aliphatic carbocycles. The molecular formula is C20H23NO4. The van der Waals surface area contributed by atoms with Gasteiger partial charge in [0.2, 0.25) is 5.91 Å². The minimum Gasteiger partial charge on any atom is -0.497 e. The Balaban J connectivity index is 1.66. The molecule has 5 heteroatoms. The molecule has 0 saturated carbocycles. The van der Waals surface area contributed by atoms with Crippen molar-refractivity contribution in [1.82, 2.24) is 5.32 Å². The van der Waals surface area contributed by atoms with Crippen molar-refractivity contribution in [1.29, 1.82) is 0 Å². The molecule has 3 rings (SSSR count). The molecule has 1 N–H and O–H groups in total. The summed E-state index contributed by atoms with van der Waals surface area (Å²) in [6.45, 7) is 1.21. The molecule has 1 atom stereocenters. The van der Waals surface area contributed by atoms with Crippen molar-refractivity contribution >= 4 is 5.91 Å². The Bertz CT molecular complexity index is 744. The van der Waals surface area contributed by atoms with Crippen LogP contribution < -0.4 is 19.5 Å². The molecule has 1 amide bonds. The van der Waals surface area contributed by atoms with Crippen LogP contribution in [-0.4, -0.2) is 33.3 Å². The van der Waals surface area contributed by atoms with Gasteiger partial charge in [-0.2, -0.15) is 0 Å². The zero-order valence-corrected chi connectivity index (χ0v) is 14.6. The van der Waals surface area contributed by atoms with Crippen molar-refractivity contribution in [3.8, 4) is 17.2 Å². The Labute approximate surface area is 147 Å². The van der Waals surface area contributed by atoms with Gasteiger partial charge in [-0.1, -0.05) is 18.2 Å². The van der Waals surface area contributed by atoms with Gasteiger partial charge in [0, 0.05) is 25.3 Å². The van der Waals surface area contributed by atoms with Crippen molar-refractivity contribution in [2.45, 2.75) is 18.8 Å². The summed E-state index contributed by atoms with van der Waals surface area (Å²) >= 11 is 0. The van der Waals surface area contributed by atoms with Crippen molar-refractivity contribution in [3.05, 3.63) is 53.6 Å². The summed E-state index contributed by atoms with van der Waals surface area (Å²) in [7, 11) is 3.29. The topological polar surface area (TPSA) is 56.8 Å². The maximum absolute atomic E-state index is 11.4. The molecular weight excluding hydrogens is 318 g/mol. The summed E-state index contributed by atoms with van der Waals surface area (Å²) in [4.78, 5) is 11.4. The summed E-state index contributed by atoms with van der Waals surface area (Å²) in [5.74, 6) is 2.55. The first-order valence-corrected chi connectivity index (χ1v) is 8.40. The molecule has 0 bridgehead atoms. The number of ether oxygens (including phenoxy) is 3. The van der Waals surface area contributed by atoms with E-state index in [2.05, 4.69) is 11.4 Å². The van der Waals surface area contributed by atoms with Crippen LogP contribution in [0, 0.1) is 0 Å². The lowest BCUT2D eigenvalue weighted by Crippen LogP contribution is -2.13. The first-order chi connectivity index (χ1) is 12.2. The molecule has 1 heterocycles. The van der Waals surface area contributed by atoms with Crippen LogP contribution in [0.25, 0.3) is 0 Å². The van der Waals surface area contributed by atoms with Gasteiger partial charge in [0.25, 0.3) is 0 Å². The van der Waals surface area contributed by atoms with Crippen LogP contribution in [0.5, 0.6) is 17.2 Å². The third-order valence-electron chi connectivity index (χ3n) is 4.42. The second-order valence-electron chi connectivity index (χ2n) is 6.07. The van der Waals surface area contributed by atoms with E-state index in [1.54, 1.807) is 14.2 Å². The second kappa shape index (κ2) is 7.92. The molecule has 0 radical (unpaired) electrons. The highest BCUT2D eigenvalue weighted by atomic mass is 16.5. The lowest BCUT2D eigenvalue weighted by molar-refractivity contribution is -0.119. The monoisotopic (exact) mass is 341 g/mol. The van der Waals surface area contributed by atoms with Gasteiger partial charge >= 0.3 is 0 Å². The molecule has 1 fully saturated rings. The van der Waals surface area contributed by atoms with E-state index in [4.69, 9.17) is 14.2 Å². The molecule has 2 aromatic carbocycles. The summed E-state index contributed by atoms with van der Waals surface area (Å²) in [5.41, 5.74) is 2.25. The lowest BCUT2D eigenvalue weighted by Gasteiger charge is -2.15. The molecule has 1 aliphatic heterocycles. The second-order valence-corrected chi connectivity index (χ2v) is 6.07. The van der Waals surface area contributed by atoms with E-state index in [1.807, 2.05) is 36.4 Å². The van der Waals surface area contributed by atoms with Gasteiger partial charge in [0.15, 0.2) is 11.5 Å². The number of nitrogens with one attached hydrogen (secondary N) is 1. The number of carbonyl (C=O) groups is 1.